The minimum absolute atomic E-state index is 0.172. The summed E-state index contributed by atoms with van der Waals surface area (Å²) >= 11 is 13.5. The summed E-state index contributed by atoms with van der Waals surface area (Å²) in [5, 5.41) is 0.486. The molecule has 0 N–H and O–H groups in total. The first-order valence-electron chi connectivity index (χ1n) is 10.9. The average Bonchev–Trinajstić information content (AvgIpc) is 3.07. The van der Waals surface area contributed by atoms with E-state index in [0.717, 1.165) is 65.0 Å². The lowest BCUT2D eigenvalue weighted by molar-refractivity contribution is -0.135. The van der Waals surface area contributed by atoms with Gasteiger partial charge in [-0.2, -0.15) is 0 Å². The third kappa shape index (κ3) is 4.86. The van der Waals surface area contributed by atoms with Crippen LogP contribution in [0, 0.1) is 13.8 Å². The van der Waals surface area contributed by atoms with Crippen molar-refractivity contribution in [3.8, 4) is 5.69 Å². The number of amides is 3. The van der Waals surface area contributed by atoms with E-state index in [1.54, 1.807) is 17.0 Å². The smallest absolute Gasteiger partial charge is 0.294 e. The van der Waals surface area contributed by atoms with E-state index in [4.69, 9.17) is 23.2 Å². The molecule has 2 saturated heterocycles. The van der Waals surface area contributed by atoms with E-state index in [-0.39, 0.29) is 12.5 Å². The fraction of sp³-hybridized carbons (Fsp3) is 0.375. The average molecular weight is 506 g/mol. The molecule has 9 heteroatoms. The van der Waals surface area contributed by atoms with Gasteiger partial charge in [-0.15, -0.1) is 0 Å². The predicted octanol–water partition coefficient (Wildman–Crippen LogP) is 5.84. The molecular formula is C24H25Cl2N3O3S. The Kier molecular flexibility index (Phi) is 7.22. The van der Waals surface area contributed by atoms with Gasteiger partial charge in [0.15, 0.2) is 0 Å². The molecule has 1 aromatic carbocycles. The van der Waals surface area contributed by atoms with Crippen molar-refractivity contribution in [3.63, 3.8) is 0 Å². The maximum atomic E-state index is 13.0. The zero-order chi connectivity index (χ0) is 23.7. The van der Waals surface area contributed by atoms with Gasteiger partial charge in [-0.25, -0.2) is 0 Å². The first-order chi connectivity index (χ1) is 15.8. The number of imide groups is 1. The Balaban J connectivity index is 1.57. The van der Waals surface area contributed by atoms with Crippen LogP contribution in [-0.2, 0) is 9.59 Å². The number of likely N-dealkylation sites (tertiary alicyclic amines) is 1. The maximum Gasteiger partial charge on any atom is 0.294 e. The van der Waals surface area contributed by atoms with Crippen molar-refractivity contribution in [1.82, 2.24) is 14.4 Å². The lowest BCUT2D eigenvalue weighted by atomic mass is 10.2. The van der Waals surface area contributed by atoms with Gasteiger partial charge >= 0.3 is 0 Å². The minimum Gasteiger partial charge on any atom is -0.341 e. The second kappa shape index (κ2) is 9.95. The highest BCUT2D eigenvalue weighted by atomic mass is 35.5. The fourth-order valence-electron chi connectivity index (χ4n) is 4.30. The van der Waals surface area contributed by atoms with Crippen LogP contribution in [0.1, 0.15) is 42.6 Å². The van der Waals surface area contributed by atoms with E-state index in [0.29, 0.717) is 28.0 Å². The van der Waals surface area contributed by atoms with Crippen LogP contribution in [0.25, 0.3) is 11.8 Å². The van der Waals surface area contributed by atoms with Crippen molar-refractivity contribution >= 4 is 58.1 Å². The molecule has 0 radical (unpaired) electrons. The van der Waals surface area contributed by atoms with E-state index < -0.39 is 11.1 Å². The van der Waals surface area contributed by atoms with Gasteiger partial charge in [-0.3, -0.25) is 19.3 Å². The first kappa shape index (κ1) is 23.9. The summed E-state index contributed by atoms with van der Waals surface area (Å²) in [6.45, 7) is 5.02. The molecule has 0 spiro atoms. The quantitative estimate of drug-likeness (QED) is 0.489. The number of aromatic nitrogens is 1. The molecule has 1 aromatic heterocycles. The van der Waals surface area contributed by atoms with Crippen molar-refractivity contribution in [2.45, 2.75) is 39.5 Å². The van der Waals surface area contributed by atoms with Gasteiger partial charge in [0.2, 0.25) is 5.91 Å². The summed E-state index contributed by atoms with van der Waals surface area (Å²) in [5.74, 6) is -0.604. The molecule has 3 amide bonds. The summed E-state index contributed by atoms with van der Waals surface area (Å²) in [4.78, 5) is 41.4. The summed E-state index contributed by atoms with van der Waals surface area (Å²) in [6.07, 6.45) is 5.83. The largest absolute Gasteiger partial charge is 0.341 e. The number of hydrogen-bond acceptors (Lipinski definition) is 4. The van der Waals surface area contributed by atoms with Gasteiger partial charge in [0.05, 0.1) is 20.6 Å². The highest BCUT2D eigenvalue weighted by Crippen LogP contribution is 2.35. The zero-order valence-corrected chi connectivity index (χ0v) is 20.9. The SMILES string of the molecule is Cc1cc(C=C2SC(=O)N(CC(=O)N3CCCCCC3)C2=O)c(C)n1-c1cccc(Cl)c1Cl. The molecule has 3 heterocycles. The minimum atomic E-state index is -0.432. The Morgan fingerprint density at radius 2 is 1.79 bits per heavy atom. The van der Waals surface area contributed by atoms with Crippen LogP contribution in [0.4, 0.5) is 4.79 Å². The van der Waals surface area contributed by atoms with Gasteiger partial charge in [-0.05, 0) is 68.3 Å². The summed E-state index contributed by atoms with van der Waals surface area (Å²) in [5.41, 5.74) is 3.32. The Hall–Kier alpha value is -2.22. The number of aryl methyl sites for hydroxylation is 1. The van der Waals surface area contributed by atoms with Crippen LogP contribution in [0.2, 0.25) is 10.0 Å². The lowest BCUT2D eigenvalue weighted by Crippen LogP contribution is -2.42. The van der Waals surface area contributed by atoms with E-state index in [1.165, 1.54) is 0 Å². The molecule has 4 rings (SSSR count). The third-order valence-electron chi connectivity index (χ3n) is 6.05. The highest BCUT2D eigenvalue weighted by molar-refractivity contribution is 8.18. The van der Waals surface area contributed by atoms with Gasteiger partial charge in [0.25, 0.3) is 11.1 Å². The number of hydrogen-bond donors (Lipinski definition) is 0. The van der Waals surface area contributed by atoms with Crippen LogP contribution in [0.3, 0.4) is 0 Å². The van der Waals surface area contributed by atoms with Crippen molar-refractivity contribution in [3.05, 3.63) is 56.2 Å². The van der Waals surface area contributed by atoms with E-state index in [9.17, 15) is 14.4 Å². The molecule has 0 bridgehead atoms. The Bertz CT molecular complexity index is 1150. The number of halogens is 2. The third-order valence-corrected chi connectivity index (χ3v) is 7.77. The van der Waals surface area contributed by atoms with Crippen LogP contribution >= 0.6 is 35.0 Å². The second-order valence-corrected chi connectivity index (χ2v) is 10.1. The van der Waals surface area contributed by atoms with E-state index >= 15 is 0 Å². The van der Waals surface area contributed by atoms with E-state index in [1.807, 2.05) is 36.6 Å². The van der Waals surface area contributed by atoms with Gasteiger partial charge in [-0.1, -0.05) is 42.1 Å². The number of thioether (sulfide) groups is 1. The van der Waals surface area contributed by atoms with Crippen molar-refractivity contribution in [1.29, 1.82) is 0 Å². The molecule has 2 aliphatic heterocycles. The maximum absolute atomic E-state index is 13.0. The normalized spacial score (nSPS) is 18.4. The molecule has 2 fully saturated rings. The Morgan fingerprint density at radius 3 is 2.48 bits per heavy atom. The predicted molar refractivity (Wildman–Crippen MR) is 133 cm³/mol. The lowest BCUT2D eigenvalue weighted by Gasteiger charge is -2.22. The summed E-state index contributed by atoms with van der Waals surface area (Å²) in [7, 11) is 0. The Labute approximate surface area is 207 Å². The number of rotatable bonds is 4. The van der Waals surface area contributed by atoms with Gasteiger partial charge in [0.1, 0.15) is 6.54 Å². The van der Waals surface area contributed by atoms with Crippen molar-refractivity contribution in [2.75, 3.05) is 19.6 Å². The monoisotopic (exact) mass is 505 g/mol. The topological polar surface area (TPSA) is 62.6 Å². The summed E-state index contributed by atoms with van der Waals surface area (Å²) < 4.78 is 1.97. The van der Waals surface area contributed by atoms with Crippen molar-refractivity contribution < 1.29 is 14.4 Å². The molecule has 0 saturated carbocycles. The highest BCUT2D eigenvalue weighted by Gasteiger charge is 2.37. The van der Waals surface area contributed by atoms with Crippen LogP contribution in [-0.4, -0.2) is 51.1 Å². The van der Waals surface area contributed by atoms with Crippen LogP contribution in [0.15, 0.2) is 29.2 Å². The number of nitrogens with zero attached hydrogens (tertiary/aromatic N) is 3. The molecule has 0 aliphatic carbocycles. The van der Waals surface area contributed by atoms with Crippen LogP contribution < -0.4 is 0 Å². The van der Waals surface area contributed by atoms with Gasteiger partial charge < -0.3 is 9.47 Å². The Morgan fingerprint density at radius 1 is 1.09 bits per heavy atom. The second-order valence-electron chi connectivity index (χ2n) is 8.30. The van der Waals surface area contributed by atoms with Gasteiger partial charge in [0, 0.05) is 24.5 Å². The number of benzene rings is 1. The standard InChI is InChI=1S/C24H25Cl2N3O3S/c1-15-12-17(16(2)29(15)19-9-7-8-18(25)22(19)26)13-20-23(31)28(24(32)33-20)14-21(30)27-10-5-3-4-6-11-27/h7-9,12-13H,3-6,10-11,14H2,1-2H3. The first-order valence-corrected chi connectivity index (χ1v) is 12.5. The number of carbonyl (C=O) groups excluding carboxylic acids is 3. The molecule has 6 nitrogen and oxygen atoms in total. The molecule has 33 heavy (non-hydrogen) atoms. The van der Waals surface area contributed by atoms with E-state index in [2.05, 4.69) is 0 Å². The molecule has 0 unspecified atom stereocenters. The van der Waals surface area contributed by atoms with Crippen LogP contribution in [0.5, 0.6) is 0 Å². The summed E-state index contributed by atoms with van der Waals surface area (Å²) in [6, 6.07) is 7.36. The number of carbonyl (C=O) groups is 3. The fourth-order valence-corrected chi connectivity index (χ4v) is 5.51. The van der Waals surface area contributed by atoms with Crippen molar-refractivity contribution in [2.24, 2.45) is 0 Å². The molecule has 2 aromatic rings. The molecule has 2 aliphatic rings. The molecule has 174 valence electrons. The zero-order valence-electron chi connectivity index (χ0n) is 18.6. The molecule has 0 atom stereocenters. The molecular weight excluding hydrogens is 481 g/mol.